The molecule has 1 fully saturated rings. The second-order valence-corrected chi connectivity index (χ2v) is 12.2. The lowest BCUT2D eigenvalue weighted by Crippen LogP contribution is -2.50. The number of imide groups is 1. The maximum Gasteiger partial charge on any atom is 0.416 e. The second kappa shape index (κ2) is 18.8. The van der Waals surface area contributed by atoms with Crippen molar-refractivity contribution < 1.29 is 37.8 Å². The highest BCUT2D eigenvalue weighted by molar-refractivity contribution is 6.35. The Hall–Kier alpha value is -4.11. The standard InChI is InChI=1S/C36H51FN6O7/c1-6-40(7-2)14-17-43(36(47)50-20-18-41-12-15-42(16-13-41)32(44)11-19-49-22-21-48-8-3)35(46)33-25(4)31(38-26(33)5)24-29-28-23-27(37)9-10-30(28)39-34(29)45/h9-10,23-24,38H,6-8,11-22H2,1-5H3,(H,39,45)/b29-24-. The van der Waals surface area contributed by atoms with Gasteiger partial charge < -0.3 is 34.3 Å². The summed E-state index contributed by atoms with van der Waals surface area (Å²) in [5, 5.41) is 2.74. The normalized spacial score (nSPS) is 15.5. The number of anilines is 1. The molecule has 0 saturated carbocycles. The van der Waals surface area contributed by atoms with E-state index in [1.54, 1.807) is 19.9 Å². The van der Waals surface area contributed by atoms with E-state index in [-0.39, 0.29) is 30.5 Å². The highest BCUT2D eigenvalue weighted by Crippen LogP contribution is 2.34. The lowest BCUT2D eigenvalue weighted by molar-refractivity contribution is -0.134. The first-order chi connectivity index (χ1) is 24.1. The van der Waals surface area contributed by atoms with Gasteiger partial charge in [-0.05, 0) is 63.7 Å². The fourth-order valence-corrected chi connectivity index (χ4v) is 6.12. The zero-order valence-electron chi connectivity index (χ0n) is 29.9. The molecule has 0 spiro atoms. The Kier molecular flexibility index (Phi) is 14.5. The van der Waals surface area contributed by atoms with E-state index in [1.165, 1.54) is 18.2 Å². The number of benzene rings is 1. The molecule has 4 rings (SSSR count). The van der Waals surface area contributed by atoms with Gasteiger partial charge in [0.25, 0.3) is 11.8 Å². The molecule has 1 aromatic carbocycles. The summed E-state index contributed by atoms with van der Waals surface area (Å²) in [6.07, 6.45) is 1.19. The number of piperazine rings is 1. The van der Waals surface area contributed by atoms with Crippen LogP contribution in [0.25, 0.3) is 11.6 Å². The van der Waals surface area contributed by atoms with E-state index >= 15 is 0 Å². The van der Waals surface area contributed by atoms with Gasteiger partial charge in [0.05, 0.1) is 37.4 Å². The van der Waals surface area contributed by atoms with Crippen LogP contribution in [0.4, 0.5) is 14.9 Å². The number of amides is 4. The number of likely N-dealkylation sites (N-methyl/N-ethyl adjacent to an activating group) is 1. The molecule has 4 amide bonds. The molecule has 2 aromatic rings. The summed E-state index contributed by atoms with van der Waals surface area (Å²) in [6, 6.07) is 4.09. The topological polar surface area (TPSA) is 137 Å². The largest absolute Gasteiger partial charge is 0.448 e. The molecule has 0 atom stereocenters. The monoisotopic (exact) mass is 698 g/mol. The number of H-pyrrole nitrogens is 1. The molecule has 0 radical (unpaired) electrons. The molecule has 0 unspecified atom stereocenters. The van der Waals surface area contributed by atoms with Gasteiger partial charge in [0.15, 0.2) is 0 Å². The van der Waals surface area contributed by atoms with E-state index in [0.29, 0.717) is 106 Å². The highest BCUT2D eigenvalue weighted by atomic mass is 19.1. The minimum absolute atomic E-state index is 0.0507. The maximum absolute atomic E-state index is 14.1. The molecule has 2 N–H and O–H groups in total. The summed E-state index contributed by atoms with van der Waals surface area (Å²) >= 11 is 0. The van der Waals surface area contributed by atoms with Crippen LogP contribution in [-0.2, 0) is 23.8 Å². The number of rotatable bonds is 17. The molecule has 3 heterocycles. The van der Waals surface area contributed by atoms with Crippen LogP contribution in [0.1, 0.15) is 60.1 Å². The lowest BCUT2D eigenvalue weighted by Gasteiger charge is -2.34. The molecule has 274 valence electrons. The SMILES string of the molecule is CCOCCOCCC(=O)N1CCN(CCOC(=O)N(CCN(CC)CC)C(=O)c2c(C)[nH]c(/C=C3\C(=O)Nc4ccc(F)cc43)c2C)CC1. The average molecular weight is 699 g/mol. The number of ether oxygens (including phenoxy) is 3. The van der Waals surface area contributed by atoms with Crippen LogP contribution in [0.15, 0.2) is 18.2 Å². The van der Waals surface area contributed by atoms with Gasteiger partial charge in [0.1, 0.15) is 12.4 Å². The number of carbonyl (C=O) groups is 4. The Labute approximate surface area is 293 Å². The van der Waals surface area contributed by atoms with Crippen LogP contribution in [0.2, 0.25) is 0 Å². The van der Waals surface area contributed by atoms with Gasteiger partial charge in [-0.25, -0.2) is 14.1 Å². The van der Waals surface area contributed by atoms with Crippen LogP contribution in [0.3, 0.4) is 0 Å². The maximum atomic E-state index is 14.1. The van der Waals surface area contributed by atoms with Crippen molar-refractivity contribution in [3.05, 3.63) is 52.1 Å². The fraction of sp³-hybridized carbons (Fsp3) is 0.556. The quantitative estimate of drug-likeness (QED) is 0.187. The van der Waals surface area contributed by atoms with Gasteiger partial charge in [-0.3, -0.25) is 19.3 Å². The van der Waals surface area contributed by atoms with Crippen molar-refractivity contribution in [3.63, 3.8) is 0 Å². The van der Waals surface area contributed by atoms with E-state index in [2.05, 4.69) is 20.1 Å². The third-order valence-electron chi connectivity index (χ3n) is 9.14. The Morgan fingerprint density at radius 2 is 1.68 bits per heavy atom. The minimum Gasteiger partial charge on any atom is -0.448 e. The van der Waals surface area contributed by atoms with Crippen LogP contribution < -0.4 is 5.32 Å². The predicted molar refractivity (Wildman–Crippen MR) is 188 cm³/mol. The van der Waals surface area contributed by atoms with E-state index in [9.17, 15) is 23.6 Å². The number of hydrogen-bond acceptors (Lipinski definition) is 9. The number of carbonyl (C=O) groups excluding carboxylic acids is 4. The predicted octanol–water partition coefficient (Wildman–Crippen LogP) is 3.77. The second-order valence-electron chi connectivity index (χ2n) is 12.2. The molecule has 1 aromatic heterocycles. The smallest absolute Gasteiger partial charge is 0.416 e. The number of aromatic amines is 1. The molecule has 14 heteroatoms. The zero-order valence-corrected chi connectivity index (χ0v) is 29.9. The van der Waals surface area contributed by atoms with Crippen LogP contribution in [0.5, 0.6) is 0 Å². The first-order valence-electron chi connectivity index (χ1n) is 17.5. The van der Waals surface area contributed by atoms with E-state index in [4.69, 9.17) is 14.2 Å². The van der Waals surface area contributed by atoms with Gasteiger partial charge in [0.2, 0.25) is 5.91 Å². The molecular weight excluding hydrogens is 647 g/mol. The van der Waals surface area contributed by atoms with Crippen molar-refractivity contribution in [2.75, 3.05) is 97.3 Å². The number of aromatic nitrogens is 1. The minimum atomic E-state index is -0.736. The van der Waals surface area contributed by atoms with Crippen molar-refractivity contribution in [1.82, 2.24) is 24.6 Å². The van der Waals surface area contributed by atoms with Crippen molar-refractivity contribution in [3.8, 4) is 0 Å². The number of aryl methyl sites for hydroxylation is 1. The van der Waals surface area contributed by atoms with Crippen molar-refractivity contribution in [2.45, 2.75) is 41.0 Å². The van der Waals surface area contributed by atoms with E-state index in [1.807, 2.05) is 25.7 Å². The van der Waals surface area contributed by atoms with Gasteiger partial charge >= 0.3 is 6.09 Å². The Morgan fingerprint density at radius 1 is 0.960 bits per heavy atom. The zero-order chi connectivity index (χ0) is 36.2. The number of nitrogens with zero attached hydrogens (tertiary/aromatic N) is 4. The summed E-state index contributed by atoms with van der Waals surface area (Å²) in [7, 11) is 0. The Balaban J connectivity index is 1.37. The van der Waals surface area contributed by atoms with E-state index in [0.717, 1.165) is 18.0 Å². The Bertz CT molecular complexity index is 1530. The first kappa shape index (κ1) is 38.7. The number of nitrogens with one attached hydrogen (secondary N) is 2. The Morgan fingerprint density at radius 3 is 2.38 bits per heavy atom. The van der Waals surface area contributed by atoms with Crippen molar-refractivity contribution in [2.24, 2.45) is 0 Å². The van der Waals surface area contributed by atoms with Crippen LogP contribution >= 0.6 is 0 Å². The summed E-state index contributed by atoms with van der Waals surface area (Å²) in [4.78, 5) is 63.2. The summed E-state index contributed by atoms with van der Waals surface area (Å²) < 4.78 is 30.4. The molecular formula is C36H51FN6O7. The van der Waals surface area contributed by atoms with Crippen LogP contribution in [-0.4, -0.2) is 140 Å². The highest BCUT2D eigenvalue weighted by Gasteiger charge is 2.31. The molecule has 0 aliphatic carbocycles. The molecule has 2 aliphatic heterocycles. The first-order valence-corrected chi connectivity index (χ1v) is 17.5. The van der Waals surface area contributed by atoms with E-state index < -0.39 is 17.8 Å². The van der Waals surface area contributed by atoms with Gasteiger partial charge in [0, 0.05) is 75.1 Å². The lowest BCUT2D eigenvalue weighted by atomic mass is 10.0. The third-order valence-corrected chi connectivity index (χ3v) is 9.14. The summed E-state index contributed by atoms with van der Waals surface area (Å²) in [6.45, 7) is 16.5. The summed E-state index contributed by atoms with van der Waals surface area (Å²) in [5.74, 6) is -1.29. The molecule has 0 bridgehead atoms. The number of fused-ring (bicyclic) bond motifs is 1. The molecule has 2 aliphatic rings. The van der Waals surface area contributed by atoms with Gasteiger partial charge in [-0.15, -0.1) is 0 Å². The molecule has 13 nitrogen and oxygen atoms in total. The van der Waals surface area contributed by atoms with Gasteiger partial charge in [-0.2, -0.15) is 0 Å². The fourth-order valence-electron chi connectivity index (χ4n) is 6.12. The molecule has 50 heavy (non-hydrogen) atoms. The number of hydrogen-bond donors (Lipinski definition) is 2. The third kappa shape index (κ3) is 9.99. The van der Waals surface area contributed by atoms with Crippen molar-refractivity contribution >= 4 is 41.2 Å². The van der Waals surface area contributed by atoms with Crippen LogP contribution in [0, 0.1) is 19.7 Å². The average Bonchev–Trinajstić information content (AvgIpc) is 3.57. The number of halogens is 1. The molecule has 1 saturated heterocycles. The van der Waals surface area contributed by atoms with Gasteiger partial charge in [-0.1, -0.05) is 13.8 Å². The summed E-state index contributed by atoms with van der Waals surface area (Å²) in [5.41, 5.74) is 3.13. The van der Waals surface area contributed by atoms with Crippen molar-refractivity contribution in [1.29, 1.82) is 0 Å².